The third kappa shape index (κ3) is 4.05. The van der Waals surface area contributed by atoms with Crippen molar-refractivity contribution in [2.45, 2.75) is 13.0 Å². The van der Waals surface area contributed by atoms with Crippen LogP contribution in [0.15, 0.2) is 65.0 Å². The van der Waals surface area contributed by atoms with Crippen molar-refractivity contribution in [1.29, 1.82) is 0 Å². The summed E-state index contributed by atoms with van der Waals surface area (Å²) in [5.41, 5.74) is 1.44. The van der Waals surface area contributed by atoms with E-state index in [1.54, 1.807) is 48.7 Å². The Labute approximate surface area is 184 Å². The van der Waals surface area contributed by atoms with Gasteiger partial charge in [0.15, 0.2) is 0 Å². The van der Waals surface area contributed by atoms with Gasteiger partial charge in [0.05, 0.1) is 16.6 Å². The van der Waals surface area contributed by atoms with Crippen LogP contribution in [-0.2, 0) is 4.79 Å². The van der Waals surface area contributed by atoms with Crippen LogP contribution in [0, 0.1) is 10.1 Å². The lowest BCUT2D eigenvalue weighted by molar-refractivity contribution is -0.384. The molecule has 1 N–H and O–H groups in total. The van der Waals surface area contributed by atoms with E-state index >= 15 is 0 Å². The SMILES string of the molecule is C[C@@H](C(=O)Nc1ccc(Cl)cc1)n1cnc2scc(-c3ccc([N+](=O)[O-])cc3)c2c1=O. The molecule has 0 bridgehead atoms. The summed E-state index contributed by atoms with van der Waals surface area (Å²) in [6.45, 7) is 1.61. The number of halogens is 1. The smallest absolute Gasteiger partial charge is 0.269 e. The molecule has 8 nitrogen and oxygen atoms in total. The molecule has 10 heteroatoms. The molecule has 0 aliphatic carbocycles. The predicted octanol–water partition coefficient (Wildman–Crippen LogP) is 4.89. The average Bonchev–Trinajstić information content (AvgIpc) is 3.20. The predicted molar refractivity (Wildman–Crippen MR) is 121 cm³/mol. The van der Waals surface area contributed by atoms with Gasteiger partial charge in [-0.25, -0.2) is 4.98 Å². The number of aromatic nitrogens is 2. The number of rotatable bonds is 5. The van der Waals surface area contributed by atoms with Crippen LogP contribution >= 0.6 is 22.9 Å². The fraction of sp³-hybridized carbons (Fsp3) is 0.0952. The molecular formula is C21H15ClN4O4S. The maximum atomic E-state index is 13.2. The van der Waals surface area contributed by atoms with Crippen LogP contribution in [0.1, 0.15) is 13.0 Å². The number of hydrogen-bond donors (Lipinski definition) is 1. The molecule has 0 unspecified atom stereocenters. The number of nitrogens with zero attached hydrogens (tertiary/aromatic N) is 3. The number of hydrogen-bond acceptors (Lipinski definition) is 6. The first-order chi connectivity index (χ1) is 14.8. The number of nitro groups is 1. The van der Waals surface area contributed by atoms with Crippen molar-refractivity contribution in [2.75, 3.05) is 5.32 Å². The van der Waals surface area contributed by atoms with E-state index in [4.69, 9.17) is 11.6 Å². The van der Waals surface area contributed by atoms with Gasteiger partial charge in [0.25, 0.3) is 11.2 Å². The monoisotopic (exact) mass is 454 g/mol. The maximum Gasteiger partial charge on any atom is 0.269 e. The number of amides is 1. The third-order valence-electron chi connectivity index (χ3n) is 4.82. The second-order valence-electron chi connectivity index (χ2n) is 6.76. The van der Waals surface area contributed by atoms with Crippen LogP contribution in [0.2, 0.25) is 5.02 Å². The maximum absolute atomic E-state index is 13.2. The first kappa shape index (κ1) is 20.7. The van der Waals surface area contributed by atoms with Crippen molar-refractivity contribution in [3.8, 4) is 11.1 Å². The fourth-order valence-electron chi connectivity index (χ4n) is 3.10. The molecule has 0 fully saturated rings. The number of thiophene rings is 1. The molecule has 0 aliphatic heterocycles. The number of carbonyl (C=O) groups excluding carboxylic acids is 1. The molecule has 2 aromatic heterocycles. The van der Waals surface area contributed by atoms with E-state index in [9.17, 15) is 19.7 Å². The second kappa shape index (κ2) is 8.29. The summed E-state index contributed by atoms with van der Waals surface area (Å²) in [7, 11) is 0. The summed E-state index contributed by atoms with van der Waals surface area (Å²) in [4.78, 5) is 41.2. The lowest BCUT2D eigenvalue weighted by Gasteiger charge is -2.15. The Morgan fingerprint density at radius 1 is 1.19 bits per heavy atom. The lowest BCUT2D eigenvalue weighted by Crippen LogP contribution is -2.31. The number of nitro benzene ring substituents is 1. The second-order valence-corrected chi connectivity index (χ2v) is 8.06. The molecule has 0 saturated heterocycles. The molecule has 0 spiro atoms. The van der Waals surface area contributed by atoms with Gasteiger partial charge in [-0.05, 0) is 48.9 Å². The van der Waals surface area contributed by atoms with E-state index in [0.717, 1.165) is 0 Å². The first-order valence-corrected chi connectivity index (χ1v) is 10.4. The zero-order chi connectivity index (χ0) is 22.1. The van der Waals surface area contributed by atoms with Crippen LogP contribution in [0.5, 0.6) is 0 Å². The molecule has 1 amide bonds. The topological polar surface area (TPSA) is 107 Å². The van der Waals surface area contributed by atoms with Gasteiger partial charge in [0.2, 0.25) is 5.91 Å². The van der Waals surface area contributed by atoms with Crippen molar-refractivity contribution >= 4 is 50.4 Å². The van der Waals surface area contributed by atoms with Crippen LogP contribution in [-0.4, -0.2) is 20.4 Å². The van der Waals surface area contributed by atoms with Gasteiger partial charge < -0.3 is 5.32 Å². The zero-order valence-corrected chi connectivity index (χ0v) is 17.7. The van der Waals surface area contributed by atoms with Crippen molar-refractivity contribution in [2.24, 2.45) is 0 Å². The largest absolute Gasteiger partial charge is 0.324 e. The summed E-state index contributed by atoms with van der Waals surface area (Å²) in [6.07, 6.45) is 1.35. The van der Waals surface area contributed by atoms with Crippen LogP contribution in [0.4, 0.5) is 11.4 Å². The highest BCUT2D eigenvalue weighted by atomic mass is 35.5. The minimum Gasteiger partial charge on any atom is -0.324 e. The van der Waals surface area contributed by atoms with E-state index in [1.165, 1.54) is 34.4 Å². The molecule has 2 aromatic carbocycles. The van der Waals surface area contributed by atoms with E-state index in [1.807, 2.05) is 0 Å². The number of carbonyl (C=O) groups is 1. The van der Waals surface area contributed by atoms with Gasteiger partial charge in [0.1, 0.15) is 10.9 Å². The van der Waals surface area contributed by atoms with Gasteiger partial charge in [-0.2, -0.15) is 0 Å². The summed E-state index contributed by atoms with van der Waals surface area (Å²) >= 11 is 7.16. The van der Waals surface area contributed by atoms with E-state index in [0.29, 0.717) is 32.1 Å². The van der Waals surface area contributed by atoms with E-state index in [-0.39, 0.29) is 17.2 Å². The van der Waals surface area contributed by atoms with Gasteiger partial charge in [-0.1, -0.05) is 11.6 Å². The number of anilines is 1. The molecule has 4 rings (SSSR count). The molecule has 0 radical (unpaired) electrons. The first-order valence-electron chi connectivity index (χ1n) is 9.15. The minimum atomic E-state index is -0.815. The van der Waals surface area contributed by atoms with Gasteiger partial charge >= 0.3 is 0 Å². The highest BCUT2D eigenvalue weighted by Gasteiger charge is 2.20. The fourth-order valence-corrected chi connectivity index (χ4v) is 4.14. The quantitative estimate of drug-likeness (QED) is 0.341. The summed E-state index contributed by atoms with van der Waals surface area (Å²) in [5, 5.41) is 16.3. The van der Waals surface area contributed by atoms with E-state index < -0.39 is 11.0 Å². The molecule has 31 heavy (non-hydrogen) atoms. The molecule has 4 aromatic rings. The third-order valence-corrected chi connectivity index (χ3v) is 5.96. The summed E-state index contributed by atoms with van der Waals surface area (Å²) < 4.78 is 1.27. The van der Waals surface area contributed by atoms with Crippen LogP contribution < -0.4 is 10.9 Å². The van der Waals surface area contributed by atoms with Crippen molar-refractivity contribution in [3.63, 3.8) is 0 Å². The van der Waals surface area contributed by atoms with Gasteiger partial charge in [-0.3, -0.25) is 24.3 Å². The Kier molecular flexibility index (Phi) is 5.53. The van der Waals surface area contributed by atoms with Gasteiger partial charge in [-0.15, -0.1) is 11.3 Å². The Bertz CT molecular complexity index is 1350. The number of benzene rings is 2. The summed E-state index contributed by atoms with van der Waals surface area (Å²) in [6, 6.07) is 11.8. The number of fused-ring (bicyclic) bond motifs is 1. The zero-order valence-electron chi connectivity index (χ0n) is 16.1. The Morgan fingerprint density at radius 2 is 1.87 bits per heavy atom. The highest BCUT2D eigenvalue weighted by Crippen LogP contribution is 2.32. The molecule has 0 saturated carbocycles. The molecule has 2 heterocycles. The van der Waals surface area contributed by atoms with Gasteiger partial charge in [0, 0.05) is 33.8 Å². The molecular weight excluding hydrogens is 440 g/mol. The Hall–Kier alpha value is -3.56. The van der Waals surface area contributed by atoms with E-state index in [2.05, 4.69) is 10.3 Å². The average molecular weight is 455 g/mol. The molecule has 0 aliphatic rings. The minimum absolute atomic E-state index is 0.0358. The highest BCUT2D eigenvalue weighted by molar-refractivity contribution is 7.17. The molecule has 1 atom stereocenters. The Balaban J connectivity index is 1.69. The van der Waals surface area contributed by atoms with Crippen molar-refractivity contribution in [1.82, 2.24) is 9.55 Å². The summed E-state index contributed by atoms with van der Waals surface area (Å²) in [5.74, 6) is -0.377. The molecule has 156 valence electrons. The number of non-ortho nitro benzene ring substituents is 1. The standard InChI is InChI=1S/C21H15ClN4O4S/c1-12(19(27)24-15-6-4-14(22)5-7-15)25-11-23-20-18(21(25)28)17(10-31-20)13-2-8-16(9-3-13)26(29)30/h2-12H,1H3,(H,24,27)/t12-/m0/s1. The lowest BCUT2D eigenvalue weighted by atomic mass is 10.1. The number of nitrogens with one attached hydrogen (secondary N) is 1. The van der Waals surface area contributed by atoms with Crippen LogP contribution in [0.3, 0.4) is 0 Å². The van der Waals surface area contributed by atoms with Crippen molar-refractivity contribution in [3.05, 3.63) is 85.7 Å². The van der Waals surface area contributed by atoms with Crippen molar-refractivity contribution < 1.29 is 9.72 Å². The Morgan fingerprint density at radius 3 is 2.52 bits per heavy atom. The normalized spacial score (nSPS) is 11.9. The van der Waals surface area contributed by atoms with Crippen LogP contribution in [0.25, 0.3) is 21.3 Å².